The van der Waals surface area contributed by atoms with Crippen LogP contribution >= 0.6 is 0 Å². The Labute approximate surface area is 134 Å². The summed E-state index contributed by atoms with van der Waals surface area (Å²) in [4.78, 5) is 12.8. The second-order valence-electron chi connectivity index (χ2n) is 8.39. The Hall–Kier alpha value is -0.790. The Morgan fingerprint density at radius 3 is 2.64 bits per heavy atom. The third kappa shape index (κ3) is 2.53. The molecule has 3 fully saturated rings. The Balaban J connectivity index is 1.43. The molecule has 6 unspecified atom stereocenters. The molecule has 0 N–H and O–H groups in total. The van der Waals surface area contributed by atoms with Crippen molar-refractivity contribution in [1.29, 1.82) is 0 Å². The first kappa shape index (κ1) is 14.8. The van der Waals surface area contributed by atoms with E-state index < -0.39 is 0 Å². The second kappa shape index (κ2) is 5.69. The quantitative estimate of drug-likeness (QED) is 0.548. The van der Waals surface area contributed by atoms with E-state index in [0.717, 1.165) is 37.5 Å². The highest BCUT2D eigenvalue weighted by molar-refractivity contribution is 5.74. The lowest BCUT2D eigenvalue weighted by Gasteiger charge is -2.46. The lowest BCUT2D eigenvalue weighted by atomic mass is 9.65. The maximum absolute atomic E-state index is 12.8. The van der Waals surface area contributed by atoms with Crippen molar-refractivity contribution in [1.82, 2.24) is 0 Å². The molecule has 6 atom stereocenters. The van der Waals surface area contributed by atoms with Crippen molar-refractivity contribution in [2.45, 2.75) is 76.7 Å². The molecule has 2 bridgehead atoms. The maximum Gasteiger partial charge on any atom is 0.310 e. The molecule has 3 saturated carbocycles. The third-order valence-corrected chi connectivity index (χ3v) is 7.21. The molecule has 4 aliphatic carbocycles. The number of esters is 1. The molecule has 4 rings (SSSR count). The van der Waals surface area contributed by atoms with Crippen LogP contribution in [0.25, 0.3) is 0 Å². The number of hydrogen-bond donors (Lipinski definition) is 0. The molecule has 22 heavy (non-hydrogen) atoms. The van der Waals surface area contributed by atoms with Crippen LogP contribution in [0.5, 0.6) is 0 Å². The van der Waals surface area contributed by atoms with E-state index in [4.69, 9.17) is 4.74 Å². The molecular weight excluding hydrogens is 272 g/mol. The minimum atomic E-state index is -0.138. The predicted octanol–water partition coefficient (Wildman–Crippen LogP) is 4.88. The Kier molecular flexibility index (Phi) is 3.82. The minimum absolute atomic E-state index is 0.118. The first-order chi connectivity index (χ1) is 10.7. The summed E-state index contributed by atoms with van der Waals surface area (Å²) in [6.45, 7) is 2.22. The van der Waals surface area contributed by atoms with Crippen molar-refractivity contribution in [3.05, 3.63) is 12.2 Å². The molecule has 0 amide bonds. The van der Waals surface area contributed by atoms with Gasteiger partial charge in [0, 0.05) is 0 Å². The molecule has 2 heteroatoms. The Morgan fingerprint density at radius 1 is 1.14 bits per heavy atom. The molecule has 0 aromatic heterocycles. The fourth-order valence-corrected chi connectivity index (χ4v) is 5.79. The number of allylic oxidation sites excluding steroid dienone is 2. The molecule has 0 aromatic rings. The van der Waals surface area contributed by atoms with Crippen LogP contribution in [0.3, 0.4) is 0 Å². The van der Waals surface area contributed by atoms with Gasteiger partial charge in [-0.3, -0.25) is 4.79 Å². The highest BCUT2D eigenvalue weighted by Crippen LogP contribution is 2.49. The molecule has 0 heterocycles. The monoisotopic (exact) mass is 302 g/mol. The zero-order chi connectivity index (χ0) is 15.2. The van der Waals surface area contributed by atoms with Crippen molar-refractivity contribution < 1.29 is 9.53 Å². The van der Waals surface area contributed by atoms with Crippen molar-refractivity contribution in [3.8, 4) is 0 Å². The van der Waals surface area contributed by atoms with Gasteiger partial charge in [-0.25, -0.2) is 0 Å². The summed E-state index contributed by atoms with van der Waals surface area (Å²) in [6, 6.07) is 0. The van der Waals surface area contributed by atoms with Crippen LogP contribution in [-0.4, -0.2) is 11.6 Å². The van der Waals surface area contributed by atoms with Gasteiger partial charge in [-0.2, -0.15) is 0 Å². The highest BCUT2D eigenvalue weighted by atomic mass is 16.6. The van der Waals surface area contributed by atoms with E-state index in [1.54, 1.807) is 0 Å². The van der Waals surface area contributed by atoms with Crippen LogP contribution in [0, 0.1) is 29.6 Å². The lowest BCUT2D eigenvalue weighted by Crippen LogP contribution is -2.44. The molecule has 122 valence electrons. The number of fused-ring (bicyclic) bond motifs is 3. The average Bonchev–Trinajstić information content (AvgIpc) is 3.18. The summed E-state index contributed by atoms with van der Waals surface area (Å²) < 4.78 is 6.24. The minimum Gasteiger partial charge on any atom is -0.459 e. The molecule has 0 radical (unpaired) electrons. The largest absolute Gasteiger partial charge is 0.459 e. The summed E-state index contributed by atoms with van der Waals surface area (Å²) in [5, 5.41) is 0. The standard InChI is InChI=1S/C20H30O2/c1-2-20(10-9-15-5-3-4-6-17(15)13-20)22-19(21)18-12-14-7-8-16(18)11-14/h7-8,14-18H,2-6,9-13H2,1H3. The van der Waals surface area contributed by atoms with Crippen LogP contribution in [-0.2, 0) is 9.53 Å². The number of ether oxygens (including phenoxy) is 1. The van der Waals surface area contributed by atoms with Gasteiger partial charge in [0.05, 0.1) is 5.92 Å². The van der Waals surface area contributed by atoms with Crippen molar-refractivity contribution >= 4 is 5.97 Å². The van der Waals surface area contributed by atoms with Gasteiger partial charge >= 0.3 is 5.97 Å². The van der Waals surface area contributed by atoms with Gasteiger partial charge in [-0.15, -0.1) is 0 Å². The molecule has 0 aliphatic heterocycles. The second-order valence-corrected chi connectivity index (χ2v) is 8.39. The zero-order valence-corrected chi connectivity index (χ0v) is 13.9. The fourth-order valence-electron chi connectivity index (χ4n) is 5.79. The Bertz CT molecular complexity index is 468. The van der Waals surface area contributed by atoms with Crippen LogP contribution in [0.15, 0.2) is 12.2 Å². The summed E-state index contributed by atoms with van der Waals surface area (Å²) >= 11 is 0. The molecule has 0 spiro atoms. The zero-order valence-electron chi connectivity index (χ0n) is 13.9. The molecular formula is C20H30O2. The lowest BCUT2D eigenvalue weighted by molar-refractivity contribution is -0.174. The van der Waals surface area contributed by atoms with E-state index in [1.165, 1.54) is 38.5 Å². The van der Waals surface area contributed by atoms with Crippen LogP contribution in [0.4, 0.5) is 0 Å². The van der Waals surface area contributed by atoms with E-state index in [0.29, 0.717) is 11.8 Å². The number of carbonyl (C=O) groups is 1. The average molecular weight is 302 g/mol. The summed E-state index contributed by atoms with van der Waals surface area (Å²) in [5.41, 5.74) is -0.138. The smallest absolute Gasteiger partial charge is 0.310 e. The normalized spacial score (nSPS) is 46.5. The molecule has 4 aliphatic rings. The first-order valence-electron chi connectivity index (χ1n) is 9.60. The topological polar surface area (TPSA) is 26.3 Å². The molecule has 0 saturated heterocycles. The fraction of sp³-hybridized carbons (Fsp3) is 0.850. The third-order valence-electron chi connectivity index (χ3n) is 7.21. The van der Waals surface area contributed by atoms with Crippen LogP contribution in [0.1, 0.15) is 71.1 Å². The van der Waals surface area contributed by atoms with Gasteiger partial charge in [0.2, 0.25) is 0 Å². The predicted molar refractivity (Wildman–Crippen MR) is 87.3 cm³/mol. The number of carbonyl (C=O) groups excluding carboxylic acids is 1. The molecule has 0 aromatic carbocycles. The molecule has 2 nitrogen and oxygen atoms in total. The van der Waals surface area contributed by atoms with Crippen LogP contribution < -0.4 is 0 Å². The SMILES string of the molecule is CCC1(OC(=O)C2CC3C=CC2C3)CCC2CCCCC2C1. The summed E-state index contributed by atoms with van der Waals surface area (Å²) in [7, 11) is 0. The van der Waals surface area contributed by atoms with Gasteiger partial charge in [0.15, 0.2) is 0 Å². The van der Waals surface area contributed by atoms with Gasteiger partial charge in [-0.1, -0.05) is 44.8 Å². The van der Waals surface area contributed by atoms with Crippen molar-refractivity contribution in [2.24, 2.45) is 29.6 Å². The van der Waals surface area contributed by atoms with E-state index >= 15 is 0 Å². The number of hydrogen-bond acceptors (Lipinski definition) is 2. The van der Waals surface area contributed by atoms with E-state index in [1.807, 2.05) is 0 Å². The maximum atomic E-state index is 12.8. The number of rotatable bonds is 3. The first-order valence-corrected chi connectivity index (χ1v) is 9.60. The van der Waals surface area contributed by atoms with E-state index in [-0.39, 0.29) is 17.5 Å². The van der Waals surface area contributed by atoms with Crippen LogP contribution in [0.2, 0.25) is 0 Å². The highest BCUT2D eigenvalue weighted by Gasteiger charge is 2.46. The van der Waals surface area contributed by atoms with Crippen molar-refractivity contribution in [3.63, 3.8) is 0 Å². The van der Waals surface area contributed by atoms with Gasteiger partial charge in [0.1, 0.15) is 5.60 Å². The van der Waals surface area contributed by atoms with E-state index in [9.17, 15) is 4.79 Å². The van der Waals surface area contributed by atoms with Crippen molar-refractivity contribution in [2.75, 3.05) is 0 Å². The Morgan fingerprint density at radius 2 is 1.95 bits per heavy atom. The van der Waals surface area contributed by atoms with E-state index in [2.05, 4.69) is 19.1 Å². The summed E-state index contributed by atoms with van der Waals surface area (Å²) in [6.07, 6.45) is 16.9. The summed E-state index contributed by atoms with van der Waals surface area (Å²) in [5.74, 6) is 3.12. The van der Waals surface area contributed by atoms with Gasteiger partial charge in [-0.05, 0) is 62.2 Å². The van der Waals surface area contributed by atoms with Gasteiger partial charge < -0.3 is 4.74 Å². The van der Waals surface area contributed by atoms with Gasteiger partial charge in [0.25, 0.3) is 0 Å².